The monoisotopic (exact) mass is 338 g/mol. The first kappa shape index (κ1) is 19.2. The van der Waals surface area contributed by atoms with Crippen molar-refractivity contribution in [2.75, 3.05) is 13.2 Å². The minimum absolute atomic E-state index is 0.114. The summed E-state index contributed by atoms with van der Waals surface area (Å²) in [5, 5.41) is 3.71. The summed E-state index contributed by atoms with van der Waals surface area (Å²) in [6.45, 7) is 10.1. The standard InChI is InChI=1S/C22H30N2O/c1-5-21(25-6-2)24-20-15-11-10-14-19(20)22(23-16-17(3)4)18-12-8-7-9-13-18/h7-15,17,22-23H,5-6,16H2,1-4H3. The van der Waals surface area contributed by atoms with Crippen molar-refractivity contribution in [1.82, 2.24) is 5.32 Å². The quantitative estimate of drug-likeness (QED) is 0.509. The molecule has 1 unspecified atom stereocenters. The number of hydrogen-bond acceptors (Lipinski definition) is 3. The second-order valence-corrected chi connectivity index (χ2v) is 6.50. The van der Waals surface area contributed by atoms with E-state index in [4.69, 9.17) is 9.73 Å². The van der Waals surface area contributed by atoms with Gasteiger partial charge in [-0.2, -0.15) is 0 Å². The summed E-state index contributed by atoms with van der Waals surface area (Å²) in [5.74, 6) is 1.36. The highest BCUT2D eigenvalue weighted by Crippen LogP contribution is 2.30. The van der Waals surface area contributed by atoms with Crippen LogP contribution >= 0.6 is 0 Å². The molecule has 0 saturated carbocycles. The number of nitrogens with zero attached hydrogens (tertiary/aromatic N) is 1. The fraction of sp³-hybridized carbons (Fsp3) is 0.409. The molecule has 0 radical (unpaired) electrons. The van der Waals surface area contributed by atoms with Gasteiger partial charge in [-0.15, -0.1) is 0 Å². The van der Waals surface area contributed by atoms with E-state index >= 15 is 0 Å². The zero-order chi connectivity index (χ0) is 18.1. The van der Waals surface area contributed by atoms with Crippen LogP contribution in [-0.2, 0) is 4.74 Å². The molecule has 3 nitrogen and oxygen atoms in total. The molecule has 2 rings (SSSR count). The maximum atomic E-state index is 5.66. The lowest BCUT2D eigenvalue weighted by molar-refractivity contribution is 0.319. The predicted octanol–water partition coefficient (Wildman–Crippen LogP) is 5.50. The summed E-state index contributed by atoms with van der Waals surface area (Å²) in [6, 6.07) is 19.0. The molecule has 0 amide bonds. The van der Waals surface area contributed by atoms with Crippen LogP contribution in [0.25, 0.3) is 0 Å². The molecule has 3 heteroatoms. The maximum Gasteiger partial charge on any atom is 0.188 e. The summed E-state index contributed by atoms with van der Waals surface area (Å²) in [5.41, 5.74) is 3.40. The van der Waals surface area contributed by atoms with Gasteiger partial charge in [0, 0.05) is 6.42 Å². The van der Waals surface area contributed by atoms with Gasteiger partial charge >= 0.3 is 0 Å². The smallest absolute Gasteiger partial charge is 0.188 e. The minimum Gasteiger partial charge on any atom is -0.481 e. The van der Waals surface area contributed by atoms with Crippen molar-refractivity contribution in [2.45, 2.75) is 40.2 Å². The number of rotatable bonds is 8. The van der Waals surface area contributed by atoms with Crippen LogP contribution in [0, 0.1) is 5.92 Å². The molecule has 0 heterocycles. The summed E-state index contributed by atoms with van der Waals surface area (Å²) < 4.78 is 5.66. The van der Waals surface area contributed by atoms with Gasteiger partial charge in [0.1, 0.15) is 0 Å². The highest BCUT2D eigenvalue weighted by atomic mass is 16.5. The number of hydrogen-bond donors (Lipinski definition) is 1. The van der Waals surface area contributed by atoms with Crippen molar-refractivity contribution in [2.24, 2.45) is 10.9 Å². The van der Waals surface area contributed by atoms with Gasteiger partial charge in [-0.05, 0) is 36.6 Å². The molecule has 25 heavy (non-hydrogen) atoms. The van der Waals surface area contributed by atoms with Crippen LogP contribution in [-0.4, -0.2) is 19.0 Å². The average molecular weight is 338 g/mol. The Balaban J connectivity index is 2.43. The van der Waals surface area contributed by atoms with E-state index in [-0.39, 0.29) is 6.04 Å². The topological polar surface area (TPSA) is 33.6 Å². The van der Waals surface area contributed by atoms with E-state index in [1.54, 1.807) is 0 Å². The summed E-state index contributed by atoms with van der Waals surface area (Å²) in [4.78, 5) is 4.79. The third-order valence-electron chi connectivity index (χ3n) is 3.97. The molecule has 1 atom stereocenters. The Morgan fingerprint density at radius 1 is 1.00 bits per heavy atom. The molecule has 134 valence electrons. The second kappa shape index (κ2) is 10.00. The van der Waals surface area contributed by atoms with E-state index in [2.05, 4.69) is 74.6 Å². The average Bonchev–Trinajstić information content (AvgIpc) is 2.63. The summed E-state index contributed by atoms with van der Waals surface area (Å²) in [7, 11) is 0. The first-order valence-electron chi connectivity index (χ1n) is 9.23. The van der Waals surface area contributed by atoms with Gasteiger partial charge in [-0.1, -0.05) is 69.3 Å². The largest absolute Gasteiger partial charge is 0.481 e. The van der Waals surface area contributed by atoms with E-state index < -0.39 is 0 Å². The lowest BCUT2D eigenvalue weighted by atomic mass is 9.96. The normalized spacial score (nSPS) is 13.1. The molecule has 0 spiro atoms. The second-order valence-electron chi connectivity index (χ2n) is 6.50. The van der Waals surface area contributed by atoms with Crippen LogP contribution < -0.4 is 5.32 Å². The maximum absolute atomic E-state index is 5.66. The van der Waals surface area contributed by atoms with E-state index in [1.807, 2.05) is 13.0 Å². The lowest BCUT2D eigenvalue weighted by Crippen LogP contribution is -2.26. The van der Waals surface area contributed by atoms with Crippen LogP contribution in [0.3, 0.4) is 0 Å². The molecular weight excluding hydrogens is 308 g/mol. The number of aliphatic imine (C=N–C) groups is 1. The Morgan fingerprint density at radius 2 is 1.68 bits per heavy atom. The molecule has 0 aliphatic rings. The van der Waals surface area contributed by atoms with Crippen LogP contribution in [0.15, 0.2) is 59.6 Å². The molecule has 0 saturated heterocycles. The van der Waals surface area contributed by atoms with Crippen molar-refractivity contribution in [1.29, 1.82) is 0 Å². The number of ether oxygens (including phenoxy) is 1. The molecule has 0 fully saturated rings. The van der Waals surface area contributed by atoms with Crippen molar-refractivity contribution in [3.8, 4) is 0 Å². The van der Waals surface area contributed by atoms with Crippen LogP contribution in [0.5, 0.6) is 0 Å². The summed E-state index contributed by atoms with van der Waals surface area (Å²) >= 11 is 0. The van der Waals surface area contributed by atoms with Gasteiger partial charge in [0.15, 0.2) is 5.90 Å². The fourth-order valence-electron chi connectivity index (χ4n) is 2.75. The molecule has 0 aliphatic heterocycles. The molecule has 2 aromatic rings. The summed E-state index contributed by atoms with van der Waals surface area (Å²) in [6.07, 6.45) is 0.789. The predicted molar refractivity (Wildman–Crippen MR) is 107 cm³/mol. The first-order valence-corrected chi connectivity index (χ1v) is 9.23. The molecular formula is C22H30N2O. The van der Waals surface area contributed by atoms with Crippen molar-refractivity contribution in [3.05, 3.63) is 65.7 Å². The van der Waals surface area contributed by atoms with Crippen LogP contribution in [0.1, 0.15) is 51.3 Å². The molecule has 0 aromatic heterocycles. The van der Waals surface area contributed by atoms with Gasteiger partial charge in [-0.3, -0.25) is 0 Å². The van der Waals surface area contributed by atoms with Crippen LogP contribution in [0.4, 0.5) is 5.69 Å². The Morgan fingerprint density at radius 3 is 2.32 bits per heavy atom. The Bertz CT molecular complexity index is 665. The van der Waals surface area contributed by atoms with Gasteiger partial charge in [0.05, 0.1) is 18.3 Å². The van der Waals surface area contributed by atoms with Gasteiger partial charge < -0.3 is 10.1 Å². The Kier molecular flexibility index (Phi) is 7.68. The van der Waals surface area contributed by atoms with Gasteiger partial charge in [-0.25, -0.2) is 4.99 Å². The van der Waals surface area contributed by atoms with Gasteiger partial charge in [0.2, 0.25) is 0 Å². The fourth-order valence-corrected chi connectivity index (χ4v) is 2.75. The zero-order valence-corrected chi connectivity index (χ0v) is 15.8. The lowest BCUT2D eigenvalue weighted by Gasteiger charge is -2.22. The third-order valence-corrected chi connectivity index (χ3v) is 3.97. The van der Waals surface area contributed by atoms with E-state index in [0.29, 0.717) is 12.5 Å². The van der Waals surface area contributed by atoms with Crippen molar-refractivity contribution in [3.63, 3.8) is 0 Å². The molecule has 0 bridgehead atoms. The van der Waals surface area contributed by atoms with Crippen LogP contribution in [0.2, 0.25) is 0 Å². The Labute approximate surface area is 152 Å². The van der Waals surface area contributed by atoms with Gasteiger partial charge in [0.25, 0.3) is 0 Å². The third kappa shape index (κ3) is 5.71. The molecule has 2 aromatic carbocycles. The number of nitrogens with one attached hydrogen (secondary N) is 1. The van der Waals surface area contributed by atoms with E-state index in [9.17, 15) is 0 Å². The van der Waals surface area contributed by atoms with Crippen molar-refractivity contribution >= 4 is 11.6 Å². The number of benzene rings is 2. The highest BCUT2D eigenvalue weighted by molar-refractivity contribution is 5.79. The molecule has 1 N–H and O–H groups in total. The molecule has 0 aliphatic carbocycles. The number of para-hydroxylation sites is 1. The minimum atomic E-state index is 0.114. The highest BCUT2D eigenvalue weighted by Gasteiger charge is 2.17. The van der Waals surface area contributed by atoms with E-state index in [1.165, 1.54) is 11.1 Å². The first-order chi connectivity index (χ1) is 12.2. The zero-order valence-electron chi connectivity index (χ0n) is 15.8. The van der Waals surface area contributed by atoms with Crippen molar-refractivity contribution < 1.29 is 4.74 Å². The SMILES string of the molecule is CCOC(CC)=Nc1ccccc1C(NCC(C)C)c1ccccc1. The van der Waals surface area contributed by atoms with E-state index in [0.717, 1.165) is 24.6 Å². The Hall–Kier alpha value is -2.13.